The second kappa shape index (κ2) is 9.98. The summed E-state index contributed by atoms with van der Waals surface area (Å²) in [4.78, 5) is 23.7. The zero-order valence-corrected chi connectivity index (χ0v) is 15.0. The molecule has 6 heteroatoms. The summed E-state index contributed by atoms with van der Waals surface area (Å²) in [5.74, 6) is -0.866. The highest BCUT2D eigenvalue weighted by molar-refractivity contribution is 6.39. The lowest BCUT2D eigenvalue weighted by Crippen LogP contribution is -2.32. The van der Waals surface area contributed by atoms with Gasteiger partial charge in [-0.05, 0) is 60.4 Å². The molecule has 0 spiro atoms. The molecule has 26 heavy (non-hydrogen) atoms. The zero-order chi connectivity index (χ0) is 18.8. The van der Waals surface area contributed by atoms with E-state index in [1.807, 2.05) is 12.1 Å². The van der Waals surface area contributed by atoms with Gasteiger partial charge >= 0.3 is 11.8 Å². The number of nitrogens with zero attached hydrogens (tertiary/aromatic N) is 1. The fraction of sp³-hybridized carbons (Fsp3) is 0.250. The fourth-order valence-electron chi connectivity index (χ4n) is 2.23. The number of rotatable bonds is 7. The Hall–Kier alpha value is -3.15. The molecule has 2 amide bonds. The van der Waals surface area contributed by atoms with E-state index in [4.69, 9.17) is 4.74 Å². The molecule has 0 aliphatic heterocycles. The number of methoxy groups -OCH3 is 1. The predicted molar refractivity (Wildman–Crippen MR) is 102 cm³/mol. The SMILES string of the molecule is CCCCc1ccc(NC(=O)C(=O)NN=Cc2ccc(OC)cc2)cc1. The minimum absolute atomic E-state index is 0.574. The topological polar surface area (TPSA) is 79.8 Å². The van der Waals surface area contributed by atoms with Crippen molar-refractivity contribution in [2.75, 3.05) is 12.4 Å². The van der Waals surface area contributed by atoms with E-state index in [-0.39, 0.29) is 0 Å². The Labute approximate surface area is 153 Å². The quantitative estimate of drug-likeness (QED) is 0.456. The summed E-state index contributed by atoms with van der Waals surface area (Å²) in [7, 11) is 1.58. The first kappa shape index (κ1) is 19.2. The molecule has 0 saturated carbocycles. The van der Waals surface area contributed by atoms with Crippen LogP contribution in [0.3, 0.4) is 0 Å². The average Bonchev–Trinajstić information content (AvgIpc) is 2.67. The molecule has 2 N–H and O–H groups in total. The molecule has 0 aliphatic rings. The first-order valence-electron chi connectivity index (χ1n) is 8.49. The van der Waals surface area contributed by atoms with Gasteiger partial charge in [-0.1, -0.05) is 25.5 Å². The highest BCUT2D eigenvalue weighted by atomic mass is 16.5. The van der Waals surface area contributed by atoms with Crippen LogP contribution in [0.25, 0.3) is 0 Å². The summed E-state index contributed by atoms with van der Waals surface area (Å²) < 4.78 is 5.06. The smallest absolute Gasteiger partial charge is 0.329 e. The number of anilines is 1. The molecule has 0 unspecified atom stereocenters. The van der Waals surface area contributed by atoms with Crippen molar-refractivity contribution in [1.29, 1.82) is 0 Å². The summed E-state index contributed by atoms with van der Waals surface area (Å²) in [6, 6.07) is 14.6. The molecule has 0 fully saturated rings. The van der Waals surface area contributed by atoms with Gasteiger partial charge in [-0.15, -0.1) is 0 Å². The predicted octanol–water partition coefficient (Wildman–Crippen LogP) is 3.13. The first-order chi connectivity index (χ1) is 12.6. The van der Waals surface area contributed by atoms with Crippen LogP contribution in [0.1, 0.15) is 30.9 Å². The van der Waals surface area contributed by atoms with Gasteiger partial charge in [0, 0.05) is 5.69 Å². The minimum Gasteiger partial charge on any atom is -0.497 e. The van der Waals surface area contributed by atoms with E-state index in [0.717, 1.165) is 30.6 Å². The maximum Gasteiger partial charge on any atom is 0.329 e. The second-order valence-electron chi connectivity index (χ2n) is 5.73. The molecule has 0 atom stereocenters. The number of benzene rings is 2. The van der Waals surface area contributed by atoms with Crippen LogP contribution < -0.4 is 15.5 Å². The van der Waals surface area contributed by atoms with E-state index >= 15 is 0 Å². The number of aryl methyl sites for hydroxylation is 1. The molecular formula is C20H23N3O3. The molecule has 136 valence electrons. The van der Waals surface area contributed by atoms with Gasteiger partial charge in [0.25, 0.3) is 0 Å². The molecule has 6 nitrogen and oxygen atoms in total. The standard InChI is InChI=1S/C20H23N3O3/c1-3-4-5-15-6-10-17(11-7-15)22-19(24)20(25)23-21-14-16-8-12-18(26-2)13-9-16/h6-14H,3-5H2,1-2H3,(H,22,24)(H,23,25). The second-order valence-corrected chi connectivity index (χ2v) is 5.73. The normalized spacial score (nSPS) is 10.5. The summed E-state index contributed by atoms with van der Waals surface area (Å²) in [5, 5.41) is 6.33. The van der Waals surface area contributed by atoms with Crippen LogP contribution >= 0.6 is 0 Å². The minimum atomic E-state index is -0.829. The summed E-state index contributed by atoms with van der Waals surface area (Å²) >= 11 is 0. The van der Waals surface area contributed by atoms with Crippen molar-refractivity contribution in [1.82, 2.24) is 5.43 Å². The highest BCUT2D eigenvalue weighted by Crippen LogP contribution is 2.12. The number of hydrogen-bond acceptors (Lipinski definition) is 4. The number of amides is 2. The number of carbonyl (C=O) groups is 2. The van der Waals surface area contributed by atoms with Gasteiger partial charge < -0.3 is 10.1 Å². The van der Waals surface area contributed by atoms with E-state index in [1.165, 1.54) is 11.8 Å². The molecule has 0 aliphatic carbocycles. The van der Waals surface area contributed by atoms with Crippen molar-refractivity contribution in [2.24, 2.45) is 5.10 Å². The van der Waals surface area contributed by atoms with Gasteiger partial charge in [0.1, 0.15) is 5.75 Å². The molecule has 2 aromatic carbocycles. The van der Waals surface area contributed by atoms with Crippen LogP contribution in [0.2, 0.25) is 0 Å². The molecule has 0 saturated heterocycles. The molecule has 2 rings (SSSR count). The number of unbranched alkanes of at least 4 members (excludes halogenated alkanes) is 1. The van der Waals surface area contributed by atoms with Crippen LogP contribution in [-0.4, -0.2) is 25.1 Å². The number of hydrogen-bond donors (Lipinski definition) is 2. The van der Waals surface area contributed by atoms with E-state index in [2.05, 4.69) is 22.8 Å². The first-order valence-corrected chi connectivity index (χ1v) is 8.49. The Bertz CT molecular complexity index is 753. The number of hydrazone groups is 1. The zero-order valence-electron chi connectivity index (χ0n) is 15.0. The number of carbonyl (C=O) groups excluding carboxylic acids is 2. The van der Waals surface area contributed by atoms with Gasteiger partial charge in [0.05, 0.1) is 13.3 Å². The lowest BCUT2D eigenvalue weighted by atomic mass is 10.1. The van der Waals surface area contributed by atoms with Crippen molar-refractivity contribution in [3.63, 3.8) is 0 Å². The Morgan fingerprint density at radius 3 is 2.35 bits per heavy atom. The molecule has 0 aromatic heterocycles. The van der Waals surface area contributed by atoms with Crippen molar-refractivity contribution in [2.45, 2.75) is 26.2 Å². The van der Waals surface area contributed by atoms with Gasteiger partial charge in [-0.2, -0.15) is 5.10 Å². The van der Waals surface area contributed by atoms with Crippen LogP contribution in [0.4, 0.5) is 5.69 Å². The van der Waals surface area contributed by atoms with Crippen molar-refractivity contribution >= 4 is 23.7 Å². The monoisotopic (exact) mass is 353 g/mol. The molecular weight excluding hydrogens is 330 g/mol. The molecule has 0 radical (unpaired) electrons. The lowest BCUT2D eigenvalue weighted by molar-refractivity contribution is -0.136. The Morgan fingerprint density at radius 1 is 1.04 bits per heavy atom. The van der Waals surface area contributed by atoms with Crippen molar-refractivity contribution in [3.05, 3.63) is 59.7 Å². The Morgan fingerprint density at radius 2 is 1.73 bits per heavy atom. The average molecular weight is 353 g/mol. The van der Waals surface area contributed by atoms with E-state index < -0.39 is 11.8 Å². The third kappa shape index (κ3) is 6.05. The molecule has 0 heterocycles. The highest BCUT2D eigenvalue weighted by Gasteiger charge is 2.12. The van der Waals surface area contributed by atoms with E-state index in [1.54, 1.807) is 43.5 Å². The summed E-state index contributed by atoms with van der Waals surface area (Å²) in [5.41, 5.74) is 4.76. The van der Waals surface area contributed by atoms with Crippen molar-refractivity contribution < 1.29 is 14.3 Å². The summed E-state index contributed by atoms with van der Waals surface area (Å²) in [6.45, 7) is 2.14. The van der Waals surface area contributed by atoms with Gasteiger partial charge in [-0.25, -0.2) is 5.43 Å². The van der Waals surface area contributed by atoms with E-state index in [0.29, 0.717) is 5.69 Å². The molecule has 0 bridgehead atoms. The van der Waals surface area contributed by atoms with Crippen LogP contribution in [0.15, 0.2) is 53.6 Å². The van der Waals surface area contributed by atoms with Gasteiger partial charge in [0.2, 0.25) is 0 Å². The molecule has 2 aromatic rings. The fourth-order valence-corrected chi connectivity index (χ4v) is 2.23. The third-order valence-corrected chi connectivity index (χ3v) is 3.73. The van der Waals surface area contributed by atoms with Crippen LogP contribution in [-0.2, 0) is 16.0 Å². The van der Waals surface area contributed by atoms with Gasteiger partial charge in [0.15, 0.2) is 0 Å². The van der Waals surface area contributed by atoms with Crippen LogP contribution in [0, 0.1) is 0 Å². The van der Waals surface area contributed by atoms with Crippen LogP contribution in [0.5, 0.6) is 5.75 Å². The maximum atomic E-state index is 11.9. The Balaban J connectivity index is 1.82. The number of nitrogens with one attached hydrogen (secondary N) is 2. The summed E-state index contributed by atoms with van der Waals surface area (Å²) in [6.07, 6.45) is 4.72. The van der Waals surface area contributed by atoms with Crippen molar-refractivity contribution in [3.8, 4) is 5.75 Å². The Kier molecular flexibility index (Phi) is 7.36. The number of ether oxygens (including phenoxy) is 1. The lowest BCUT2D eigenvalue weighted by Gasteiger charge is -2.05. The van der Waals surface area contributed by atoms with E-state index in [9.17, 15) is 9.59 Å². The largest absolute Gasteiger partial charge is 0.497 e. The van der Waals surface area contributed by atoms with Gasteiger partial charge in [-0.3, -0.25) is 9.59 Å². The third-order valence-electron chi connectivity index (χ3n) is 3.73. The maximum absolute atomic E-state index is 11.9.